The number of fused-ring (bicyclic) bond motifs is 1. The lowest BCUT2D eigenvalue weighted by atomic mass is 9.91. The van der Waals surface area contributed by atoms with Crippen LogP contribution in [0.15, 0.2) is 24.3 Å². The van der Waals surface area contributed by atoms with Crippen LogP contribution in [0.1, 0.15) is 55.8 Å². The lowest BCUT2D eigenvalue weighted by molar-refractivity contribution is -0.0322. The van der Waals surface area contributed by atoms with Crippen LogP contribution >= 0.6 is 0 Å². The lowest BCUT2D eigenvalue weighted by Gasteiger charge is -2.28. The second-order valence-corrected chi connectivity index (χ2v) is 9.65. The second kappa shape index (κ2) is 10.0. The molecule has 2 saturated heterocycles. The van der Waals surface area contributed by atoms with Gasteiger partial charge in [0.25, 0.3) is 5.91 Å². The number of hydrogen-bond donors (Lipinski definition) is 2. The van der Waals surface area contributed by atoms with E-state index in [4.69, 9.17) is 14.2 Å². The van der Waals surface area contributed by atoms with Crippen molar-refractivity contribution in [2.45, 2.75) is 44.8 Å². The Labute approximate surface area is 203 Å². The first kappa shape index (κ1) is 23.9. The van der Waals surface area contributed by atoms with Crippen molar-refractivity contribution in [2.24, 2.45) is 5.92 Å². The topological polar surface area (TPSA) is 94.1 Å². The van der Waals surface area contributed by atoms with Crippen LogP contribution in [0.25, 0.3) is 0 Å². The Morgan fingerprint density at radius 3 is 2.66 bits per heavy atom. The molecule has 0 radical (unpaired) electrons. The number of rotatable bonds is 7. The van der Waals surface area contributed by atoms with E-state index >= 15 is 0 Å². The number of benzene rings is 2. The first-order valence-electron chi connectivity index (χ1n) is 12.1. The van der Waals surface area contributed by atoms with Gasteiger partial charge in [0, 0.05) is 30.9 Å². The molecule has 1 amide bonds. The van der Waals surface area contributed by atoms with Crippen molar-refractivity contribution in [1.82, 2.24) is 5.32 Å². The van der Waals surface area contributed by atoms with E-state index in [-0.39, 0.29) is 35.8 Å². The molecule has 0 aliphatic carbocycles. The molecule has 2 fully saturated rings. The summed E-state index contributed by atoms with van der Waals surface area (Å²) in [5.41, 5.74) is 4.15. The average Bonchev–Trinajstić information content (AvgIpc) is 3.30. The van der Waals surface area contributed by atoms with Crippen LogP contribution in [0.3, 0.4) is 0 Å². The Morgan fingerprint density at radius 2 is 1.94 bits per heavy atom. The summed E-state index contributed by atoms with van der Waals surface area (Å²) in [5.74, 6) is -0.284. The van der Waals surface area contributed by atoms with Crippen molar-refractivity contribution in [3.05, 3.63) is 63.5 Å². The molecule has 7 nitrogen and oxygen atoms in total. The summed E-state index contributed by atoms with van der Waals surface area (Å²) in [6.07, 6.45) is 1.18. The van der Waals surface area contributed by atoms with E-state index in [0.29, 0.717) is 63.4 Å². The Morgan fingerprint density at radius 1 is 1.11 bits per heavy atom. The van der Waals surface area contributed by atoms with E-state index in [1.54, 1.807) is 18.2 Å². The fraction of sp³-hybridized carbons (Fsp3) is 0.481. The highest BCUT2D eigenvalue weighted by Crippen LogP contribution is 2.36. The molecule has 3 aliphatic heterocycles. The Balaban J connectivity index is 1.37. The number of ketones is 1. The monoisotopic (exact) mass is 483 g/mol. The van der Waals surface area contributed by atoms with Crippen molar-refractivity contribution < 1.29 is 33.3 Å². The molecule has 0 unspecified atom stereocenters. The number of carbonyl (C=O) groups is 2. The summed E-state index contributed by atoms with van der Waals surface area (Å²) < 4.78 is 31.0. The van der Waals surface area contributed by atoms with Crippen LogP contribution in [-0.2, 0) is 22.3 Å². The smallest absolute Gasteiger partial charge is 0.255 e. The van der Waals surface area contributed by atoms with Crippen molar-refractivity contribution >= 4 is 11.7 Å². The second-order valence-electron chi connectivity index (χ2n) is 9.65. The van der Waals surface area contributed by atoms with E-state index in [1.807, 2.05) is 6.92 Å². The van der Waals surface area contributed by atoms with Crippen molar-refractivity contribution in [2.75, 3.05) is 33.0 Å². The molecule has 5 rings (SSSR count). The summed E-state index contributed by atoms with van der Waals surface area (Å²) in [6.45, 7) is 4.26. The Kier molecular flexibility index (Phi) is 6.86. The standard InChI is InChI=1S/C27H30FNO6/c1-15-18(8-16-2-3-20(22(28)9-16)24(30)10-17-12-34-13-17)11-21(26-19(15)4-7-35-26)27(32)29-23-5-6-33-14-25(23)31/h2-3,9,11,17,23,25,31H,4-8,10,12-14H2,1H3,(H,29,32)/t23-,25-/m0/s1. The number of Topliss-reactive ketones (excluding diaryl/α,β-unsaturated/α-hetero) is 1. The summed E-state index contributed by atoms with van der Waals surface area (Å²) in [7, 11) is 0. The summed E-state index contributed by atoms with van der Waals surface area (Å²) in [4.78, 5) is 25.6. The Hall–Kier alpha value is -2.81. The molecule has 2 aromatic rings. The van der Waals surface area contributed by atoms with Gasteiger partial charge in [-0.3, -0.25) is 9.59 Å². The van der Waals surface area contributed by atoms with Crippen LogP contribution in [0.4, 0.5) is 4.39 Å². The molecule has 3 heterocycles. The number of ether oxygens (including phenoxy) is 3. The number of halogens is 1. The van der Waals surface area contributed by atoms with Crippen LogP contribution in [-0.4, -0.2) is 62.0 Å². The van der Waals surface area contributed by atoms with Crippen LogP contribution in [0, 0.1) is 18.7 Å². The molecule has 0 spiro atoms. The third-order valence-electron chi connectivity index (χ3n) is 7.17. The van der Waals surface area contributed by atoms with Gasteiger partial charge in [-0.05, 0) is 54.7 Å². The average molecular weight is 484 g/mol. The third-order valence-corrected chi connectivity index (χ3v) is 7.17. The van der Waals surface area contributed by atoms with Crippen molar-refractivity contribution in [3.8, 4) is 5.75 Å². The maximum atomic E-state index is 14.8. The number of carbonyl (C=O) groups excluding carboxylic acids is 2. The predicted octanol–water partition coefficient (Wildman–Crippen LogP) is 2.76. The highest BCUT2D eigenvalue weighted by molar-refractivity contribution is 5.98. The van der Waals surface area contributed by atoms with Gasteiger partial charge in [0.1, 0.15) is 11.6 Å². The summed E-state index contributed by atoms with van der Waals surface area (Å²) >= 11 is 0. The molecule has 35 heavy (non-hydrogen) atoms. The van der Waals surface area contributed by atoms with Gasteiger partial charge in [0.15, 0.2) is 5.78 Å². The number of aliphatic hydroxyl groups is 1. The minimum Gasteiger partial charge on any atom is -0.492 e. The summed E-state index contributed by atoms with van der Waals surface area (Å²) in [5, 5.41) is 13.1. The highest BCUT2D eigenvalue weighted by Gasteiger charge is 2.30. The van der Waals surface area contributed by atoms with E-state index in [1.165, 1.54) is 6.07 Å². The van der Waals surface area contributed by atoms with Crippen molar-refractivity contribution in [1.29, 1.82) is 0 Å². The quantitative estimate of drug-likeness (QED) is 0.589. The van der Waals surface area contributed by atoms with Crippen LogP contribution in [0.2, 0.25) is 0 Å². The molecule has 3 aliphatic rings. The Bertz CT molecular complexity index is 1140. The van der Waals surface area contributed by atoms with E-state index in [9.17, 15) is 19.1 Å². The van der Waals surface area contributed by atoms with Crippen LogP contribution < -0.4 is 10.1 Å². The fourth-order valence-electron chi connectivity index (χ4n) is 4.97. The molecule has 2 atom stereocenters. The SMILES string of the molecule is Cc1c(Cc2ccc(C(=O)CC3COC3)c(F)c2)cc(C(=O)N[C@H]2CCOC[C@@H]2O)c2c1CCO2. The highest BCUT2D eigenvalue weighted by atomic mass is 19.1. The molecule has 2 aromatic carbocycles. The molecule has 0 aromatic heterocycles. The van der Waals surface area contributed by atoms with Gasteiger partial charge in [0.05, 0.1) is 49.7 Å². The fourth-order valence-corrected chi connectivity index (χ4v) is 4.97. The van der Waals surface area contributed by atoms with Crippen molar-refractivity contribution in [3.63, 3.8) is 0 Å². The third kappa shape index (κ3) is 4.96. The molecule has 8 heteroatoms. The number of aliphatic hydroxyl groups excluding tert-OH is 1. The lowest BCUT2D eigenvalue weighted by Crippen LogP contribution is -2.48. The van der Waals surface area contributed by atoms with Gasteiger partial charge in [0.2, 0.25) is 0 Å². The minimum absolute atomic E-state index is 0.106. The van der Waals surface area contributed by atoms with Gasteiger partial charge >= 0.3 is 0 Å². The van der Waals surface area contributed by atoms with E-state index < -0.39 is 11.9 Å². The first-order valence-corrected chi connectivity index (χ1v) is 12.1. The van der Waals surface area contributed by atoms with Gasteiger partial charge in [-0.1, -0.05) is 6.07 Å². The van der Waals surface area contributed by atoms with Crippen LogP contribution in [0.5, 0.6) is 5.75 Å². The molecule has 186 valence electrons. The number of nitrogens with one attached hydrogen (secondary N) is 1. The maximum Gasteiger partial charge on any atom is 0.255 e. The van der Waals surface area contributed by atoms with E-state index in [2.05, 4.69) is 5.32 Å². The summed E-state index contributed by atoms with van der Waals surface area (Å²) in [6, 6.07) is 6.15. The molecular formula is C27H30FNO6. The first-order chi connectivity index (χ1) is 16.9. The molecule has 2 N–H and O–H groups in total. The molecular weight excluding hydrogens is 453 g/mol. The van der Waals surface area contributed by atoms with E-state index in [0.717, 1.165) is 22.3 Å². The predicted molar refractivity (Wildman–Crippen MR) is 126 cm³/mol. The normalized spacial score (nSPS) is 21.7. The van der Waals surface area contributed by atoms with Gasteiger partial charge in [-0.25, -0.2) is 4.39 Å². The molecule has 0 saturated carbocycles. The van der Waals surface area contributed by atoms with Gasteiger partial charge < -0.3 is 24.6 Å². The number of amides is 1. The zero-order valence-corrected chi connectivity index (χ0v) is 19.8. The number of hydrogen-bond acceptors (Lipinski definition) is 6. The minimum atomic E-state index is -0.757. The zero-order valence-electron chi connectivity index (χ0n) is 19.8. The van der Waals surface area contributed by atoms with Gasteiger partial charge in [-0.2, -0.15) is 0 Å². The zero-order chi connectivity index (χ0) is 24.5. The van der Waals surface area contributed by atoms with Gasteiger partial charge in [-0.15, -0.1) is 0 Å². The molecule has 0 bridgehead atoms. The largest absolute Gasteiger partial charge is 0.492 e. The maximum absolute atomic E-state index is 14.8.